The zero-order chi connectivity index (χ0) is 13.5. The molecule has 96 valence electrons. The summed E-state index contributed by atoms with van der Waals surface area (Å²) in [5, 5.41) is 5.02. The Morgan fingerprint density at radius 1 is 1.22 bits per heavy atom. The van der Waals surface area contributed by atoms with Gasteiger partial charge in [-0.15, -0.1) is 0 Å². The molecule has 0 bridgehead atoms. The highest BCUT2D eigenvalue weighted by Crippen LogP contribution is 2.05. The Balaban J connectivity index is 2.66. The van der Waals surface area contributed by atoms with Crippen molar-refractivity contribution in [2.24, 2.45) is 5.73 Å². The van der Waals surface area contributed by atoms with E-state index >= 15 is 0 Å². The Morgan fingerprint density at radius 3 is 2.56 bits per heavy atom. The van der Waals surface area contributed by atoms with Gasteiger partial charge < -0.3 is 16.4 Å². The molecule has 1 aromatic rings. The number of nitrogens with two attached hydrogens (primary N) is 1. The average Bonchev–Trinajstić information content (AvgIpc) is 2.33. The maximum atomic E-state index is 11.6. The molecule has 1 aromatic carbocycles. The first kappa shape index (κ1) is 13.7. The summed E-state index contributed by atoms with van der Waals surface area (Å²) >= 11 is 0. The van der Waals surface area contributed by atoms with Crippen molar-refractivity contribution in [1.29, 1.82) is 0 Å². The highest BCUT2D eigenvalue weighted by Gasteiger charge is 2.06. The molecule has 6 nitrogen and oxygen atoms in total. The van der Waals surface area contributed by atoms with Gasteiger partial charge in [-0.2, -0.15) is 0 Å². The molecule has 6 heteroatoms. The second kappa shape index (κ2) is 6.39. The lowest BCUT2D eigenvalue weighted by Crippen LogP contribution is -2.33. The molecule has 0 aliphatic carbocycles. The predicted octanol–water partition coefficient (Wildman–Crippen LogP) is -0.462. The van der Waals surface area contributed by atoms with Crippen LogP contribution in [0.15, 0.2) is 24.3 Å². The van der Waals surface area contributed by atoms with Crippen LogP contribution in [0.3, 0.4) is 0 Å². The van der Waals surface area contributed by atoms with E-state index in [0.29, 0.717) is 12.1 Å². The Bertz CT molecular complexity index is 471. The van der Waals surface area contributed by atoms with Crippen molar-refractivity contribution in [2.45, 2.75) is 13.5 Å². The fourth-order valence-corrected chi connectivity index (χ4v) is 1.32. The van der Waals surface area contributed by atoms with E-state index in [2.05, 4.69) is 10.6 Å². The van der Waals surface area contributed by atoms with Crippen LogP contribution in [0.5, 0.6) is 0 Å². The van der Waals surface area contributed by atoms with E-state index in [1.165, 1.54) is 6.92 Å². The van der Waals surface area contributed by atoms with Crippen LogP contribution in [-0.4, -0.2) is 24.3 Å². The molecular weight excluding hydrogens is 234 g/mol. The van der Waals surface area contributed by atoms with Crippen LogP contribution in [0.25, 0.3) is 0 Å². The number of benzene rings is 1. The predicted molar refractivity (Wildman–Crippen MR) is 65.5 cm³/mol. The van der Waals surface area contributed by atoms with E-state index in [1.807, 2.05) is 0 Å². The lowest BCUT2D eigenvalue weighted by atomic mass is 10.1. The summed E-state index contributed by atoms with van der Waals surface area (Å²) in [6.45, 7) is 1.57. The van der Waals surface area contributed by atoms with E-state index in [9.17, 15) is 14.4 Å². The summed E-state index contributed by atoms with van der Waals surface area (Å²) < 4.78 is 0. The van der Waals surface area contributed by atoms with Crippen LogP contribution < -0.4 is 16.4 Å². The number of amides is 3. The molecule has 18 heavy (non-hydrogen) atoms. The molecule has 4 N–H and O–H groups in total. The van der Waals surface area contributed by atoms with E-state index in [1.54, 1.807) is 24.3 Å². The van der Waals surface area contributed by atoms with Gasteiger partial charge in [0.05, 0.1) is 6.54 Å². The maximum Gasteiger partial charge on any atom is 0.251 e. The lowest BCUT2D eigenvalue weighted by Gasteiger charge is -2.06. The summed E-state index contributed by atoms with van der Waals surface area (Å²) in [6.07, 6.45) is 0. The van der Waals surface area contributed by atoms with Gasteiger partial charge in [0.15, 0.2) is 0 Å². The van der Waals surface area contributed by atoms with Gasteiger partial charge in [-0.1, -0.05) is 12.1 Å². The Labute approximate surface area is 105 Å². The zero-order valence-corrected chi connectivity index (χ0v) is 10.0. The molecule has 1 rings (SSSR count). The molecule has 0 atom stereocenters. The van der Waals surface area contributed by atoms with Crippen LogP contribution in [-0.2, 0) is 16.1 Å². The van der Waals surface area contributed by atoms with Crippen LogP contribution in [0.1, 0.15) is 22.8 Å². The third-order valence-electron chi connectivity index (χ3n) is 2.15. The van der Waals surface area contributed by atoms with Crippen LogP contribution >= 0.6 is 0 Å². The molecule has 0 unspecified atom stereocenters. The Morgan fingerprint density at radius 2 is 1.94 bits per heavy atom. The first-order valence-electron chi connectivity index (χ1n) is 5.39. The number of carbonyl (C=O) groups excluding carboxylic acids is 3. The second-order valence-electron chi connectivity index (χ2n) is 3.76. The molecule has 0 radical (unpaired) electrons. The molecular formula is C12H15N3O3. The molecule has 0 fully saturated rings. The van der Waals surface area contributed by atoms with Gasteiger partial charge in [0, 0.05) is 19.0 Å². The molecule has 3 amide bonds. The number of rotatable bonds is 5. The topological polar surface area (TPSA) is 101 Å². The zero-order valence-electron chi connectivity index (χ0n) is 10.0. The van der Waals surface area contributed by atoms with E-state index in [4.69, 9.17) is 5.73 Å². The van der Waals surface area contributed by atoms with Crippen molar-refractivity contribution < 1.29 is 14.4 Å². The summed E-state index contributed by atoms with van der Waals surface area (Å²) in [6, 6.07) is 6.76. The summed E-state index contributed by atoms with van der Waals surface area (Å²) in [4.78, 5) is 32.9. The average molecular weight is 249 g/mol. The molecule has 0 aliphatic rings. The van der Waals surface area contributed by atoms with E-state index in [-0.39, 0.29) is 18.4 Å². The van der Waals surface area contributed by atoms with Crippen molar-refractivity contribution in [3.8, 4) is 0 Å². The highest BCUT2D eigenvalue weighted by atomic mass is 16.2. The normalized spacial score (nSPS) is 9.61. The van der Waals surface area contributed by atoms with Crippen molar-refractivity contribution >= 4 is 17.7 Å². The minimum absolute atomic E-state index is 0.140. The number of hydrogen-bond acceptors (Lipinski definition) is 3. The van der Waals surface area contributed by atoms with E-state index < -0.39 is 5.91 Å². The minimum atomic E-state index is -0.599. The SMILES string of the molecule is CC(=O)NCc1cccc(C(=O)NCC(N)=O)c1. The molecule has 0 heterocycles. The van der Waals surface area contributed by atoms with Crippen LogP contribution in [0, 0.1) is 0 Å². The van der Waals surface area contributed by atoms with Gasteiger partial charge in [-0.3, -0.25) is 14.4 Å². The Kier molecular flexibility index (Phi) is 4.86. The fourth-order valence-electron chi connectivity index (χ4n) is 1.32. The molecule has 0 aromatic heterocycles. The molecule has 0 spiro atoms. The van der Waals surface area contributed by atoms with Gasteiger partial charge in [-0.25, -0.2) is 0 Å². The van der Waals surface area contributed by atoms with Crippen LogP contribution in [0.2, 0.25) is 0 Å². The summed E-state index contributed by atoms with van der Waals surface area (Å²) in [5.74, 6) is -1.12. The third kappa shape index (κ3) is 4.65. The first-order chi connectivity index (χ1) is 8.49. The maximum absolute atomic E-state index is 11.6. The second-order valence-corrected chi connectivity index (χ2v) is 3.76. The summed E-state index contributed by atoms with van der Waals surface area (Å²) in [5.41, 5.74) is 6.15. The van der Waals surface area contributed by atoms with Crippen molar-refractivity contribution in [2.75, 3.05) is 6.54 Å². The van der Waals surface area contributed by atoms with Gasteiger partial charge in [-0.05, 0) is 17.7 Å². The van der Waals surface area contributed by atoms with Crippen molar-refractivity contribution in [1.82, 2.24) is 10.6 Å². The standard InChI is InChI=1S/C12H15N3O3/c1-8(16)14-6-9-3-2-4-10(5-9)12(18)15-7-11(13)17/h2-5H,6-7H2,1H3,(H2,13,17)(H,14,16)(H,15,18). The summed E-state index contributed by atoms with van der Waals surface area (Å²) in [7, 11) is 0. The molecule has 0 saturated heterocycles. The number of nitrogens with one attached hydrogen (secondary N) is 2. The van der Waals surface area contributed by atoms with Gasteiger partial charge in [0.25, 0.3) is 5.91 Å². The minimum Gasteiger partial charge on any atom is -0.368 e. The lowest BCUT2D eigenvalue weighted by molar-refractivity contribution is -0.119. The third-order valence-corrected chi connectivity index (χ3v) is 2.15. The molecule has 0 saturated carbocycles. The molecule has 0 aliphatic heterocycles. The van der Waals surface area contributed by atoms with Crippen LogP contribution in [0.4, 0.5) is 0 Å². The fraction of sp³-hybridized carbons (Fsp3) is 0.250. The number of primary amides is 1. The monoisotopic (exact) mass is 249 g/mol. The highest BCUT2D eigenvalue weighted by molar-refractivity contribution is 5.96. The quantitative estimate of drug-likeness (QED) is 0.658. The van der Waals surface area contributed by atoms with E-state index in [0.717, 1.165) is 5.56 Å². The van der Waals surface area contributed by atoms with Crippen molar-refractivity contribution in [3.05, 3.63) is 35.4 Å². The van der Waals surface area contributed by atoms with Gasteiger partial charge in [0.2, 0.25) is 11.8 Å². The number of carbonyl (C=O) groups is 3. The Hall–Kier alpha value is -2.37. The van der Waals surface area contributed by atoms with Gasteiger partial charge >= 0.3 is 0 Å². The van der Waals surface area contributed by atoms with Crippen molar-refractivity contribution in [3.63, 3.8) is 0 Å². The first-order valence-corrected chi connectivity index (χ1v) is 5.39. The van der Waals surface area contributed by atoms with Gasteiger partial charge in [0.1, 0.15) is 0 Å². The smallest absolute Gasteiger partial charge is 0.251 e. The largest absolute Gasteiger partial charge is 0.368 e. The number of hydrogen-bond donors (Lipinski definition) is 3.